The van der Waals surface area contributed by atoms with Crippen molar-refractivity contribution in [3.63, 3.8) is 0 Å². The van der Waals surface area contributed by atoms with Gasteiger partial charge < -0.3 is 5.32 Å². The van der Waals surface area contributed by atoms with Gasteiger partial charge in [-0.25, -0.2) is 0 Å². The minimum atomic E-state index is 0.106. The molecule has 0 aromatic carbocycles. The number of hydrogen-bond acceptors (Lipinski definition) is 2. The topological polar surface area (TPSA) is 29.1 Å². The molecule has 0 bridgehead atoms. The summed E-state index contributed by atoms with van der Waals surface area (Å²) in [5.74, 6) is 1.42. The molecule has 0 unspecified atom stereocenters. The standard InChI is InChI=1S/C14H21NOS/c1-9-5-4-6-12(11(9)3)15-14(16)13-8-7-10(2)17-13/h7-9,11-12H,4-6H2,1-3H3,(H,15,16)/t9-,11+,12-/m1/s1. The lowest BCUT2D eigenvalue weighted by Gasteiger charge is -2.34. The van der Waals surface area contributed by atoms with Crippen molar-refractivity contribution in [3.8, 4) is 0 Å². The van der Waals surface area contributed by atoms with E-state index in [0.717, 1.165) is 17.2 Å². The van der Waals surface area contributed by atoms with Gasteiger partial charge in [-0.2, -0.15) is 0 Å². The number of amides is 1. The van der Waals surface area contributed by atoms with Gasteiger partial charge in [0.2, 0.25) is 0 Å². The monoisotopic (exact) mass is 251 g/mol. The van der Waals surface area contributed by atoms with Gasteiger partial charge in [0.15, 0.2) is 0 Å². The van der Waals surface area contributed by atoms with E-state index in [9.17, 15) is 4.79 Å². The third-order valence-corrected chi connectivity index (χ3v) is 4.99. The molecule has 1 saturated carbocycles. The Kier molecular flexibility index (Phi) is 3.87. The average molecular weight is 251 g/mol. The van der Waals surface area contributed by atoms with Crippen molar-refractivity contribution < 1.29 is 4.79 Å². The summed E-state index contributed by atoms with van der Waals surface area (Å²) in [6.45, 7) is 6.58. The maximum atomic E-state index is 12.1. The normalized spacial score (nSPS) is 29.0. The van der Waals surface area contributed by atoms with Gasteiger partial charge in [-0.3, -0.25) is 4.79 Å². The molecule has 1 aromatic heterocycles. The molecule has 3 atom stereocenters. The summed E-state index contributed by atoms with van der Waals surface area (Å²) < 4.78 is 0. The second-order valence-electron chi connectivity index (χ2n) is 5.26. The Hall–Kier alpha value is -0.830. The molecule has 2 nitrogen and oxygen atoms in total. The molecule has 94 valence electrons. The van der Waals surface area contributed by atoms with E-state index < -0.39 is 0 Å². The van der Waals surface area contributed by atoms with E-state index in [4.69, 9.17) is 0 Å². The Morgan fingerprint density at radius 2 is 2.12 bits per heavy atom. The third-order valence-electron chi connectivity index (χ3n) is 3.99. The molecule has 1 aliphatic carbocycles. The average Bonchev–Trinajstić information content (AvgIpc) is 2.72. The second kappa shape index (κ2) is 5.21. The molecule has 3 heteroatoms. The molecular weight excluding hydrogens is 230 g/mol. The van der Waals surface area contributed by atoms with E-state index in [1.54, 1.807) is 11.3 Å². The maximum absolute atomic E-state index is 12.1. The molecule has 1 N–H and O–H groups in total. The van der Waals surface area contributed by atoms with Crippen LogP contribution in [0.2, 0.25) is 0 Å². The Morgan fingerprint density at radius 1 is 1.35 bits per heavy atom. The quantitative estimate of drug-likeness (QED) is 0.854. The molecule has 1 aromatic rings. The molecular formula is C14H21NOS. The molecule has 2 rings (SSSR count). The highest BCUT2D eigenvalue weighted by Gasteiger charge is 2.28. The van der Waals surface area contributed by atoms with Gasteiger partial charge in [-0.1, -0.05) is 26.7 Å². The van der Waals surface area contributed by atoms with Gasteiger partial charge in [0.05, 0.1) is 4.88 Å². The van der Waals surface area contributed by atoms with E-state index in [1.807, 2.05) is 19.1 Å². The van der Waals surface area contributed by atoms with Crippen LogP contribution in [0.3, 0.4) is 0 Å². The molecule has 17 heavy (non-hydrogen) atoms. The van der Waals surface area contributed by atoms with E-state index in [1.165, 1.54) is 17.7 Å². The Morgan fingerprint density at radius 3 is 2.76 bits per heavy atom. The number of carbonyl (C=O) groups excluding carboxylic acids is 1. The SMILES string of the molecule is Cc1ccc(C(=O)N[C@@H]2CCC[C@@H](C)[C@@H]2C)s1. The summed E-state index contributed by atoms with van der Waals surface area (Å²) in [4.78, 5) is 14.1. The molecule has 1 heterocycles. The van der Waals surface area contributed by atoms with Crippen LogP contribution in [0.5, 0.6) is 0 Å². The minimum absolute atomic E-state index is 0.106. The fourth-order valence-electron chi connectivity index (χ4n) is 2.58. The first-order chi connectivity index (χ1) is 8.08. The highest BCUT2D eigenvalue weighted by molar-refractivity contribution is 7.13. The number of carbonyl (C=O) groups is 1. The van der Waals surface area contributed by atoms with Gasteiger partial charge in [0, 0.05) is 10.9 Å². The second-order valence-corrected chi connectivity index (χ2v) is 6.55. The number of rotatable bonds is 2. The Bertz CT molecular complexity index is 399. The van der Waals surface area contributed by atoms with Gasteiger partial charge in [-0.05, 0) is 37.3 Å². The fourth-order valence-corrected chi connectivity index (χ4v) is 3.35. The zero-order valence-electron chi connectivity index (χ0n) is 10.8. The number of thiophene rings is 1. The predicted molar refractivity (Wildman–Crippen MR) is 72.5 cm³/mol. The Balaban J connectivity index is 1.98. The largest absolute Gasteiger partial charge is 0.348 e. The molecule has 0 spiro atoms. The summed E-state index contributed by atoms with van der Waals surface area (Å²) in [5.41, 5.74) is 0. The van der Waals surface area contributed by atoms with Crippen LogP contribution < -0.4 is 5.32 Å². The predicted octanol–water partition coefficient (Wildman–Crippen LogP) is 3.61. The molecule has 0 aliphatic heterocycles. The summed E-state index contributed by atoms with van der Waals surface area (Å²) in [6, 6.07) is 4.28. The van der Waals surface area contributed by atoms with Crippen molar-refractivity contribution in [1.29, 1.82) is 0 Å². The number of hydrogen-bond donors (Lipinski definition) is 1. The summed E-state index contributed by atoms with van der Waals surface area (Å²) in [6.07, 6.45) is 3.66. The van der Waals surface area contributed by atoms with Gasteiger partial charge >= 0.3 is 0 Å². The molecule has 1 amide bonds. The zero-order chi connectivity index (χ0) is 12.4. The molecule has 1 aliphatic rings. The van der Waals surface area contributed by atoms with Crippen molar-refractivity contribution in [2.75, 3.05) is 0 Å². The highest BCUT2D eigenvalue weighted by Crippen LogP contribution is 2.29. The van der Waals surface area contributed by atoms with E-state index in [-0.39, 0.29) is 5.91 Å². The lowest BCUT2D eigenvalue weighted by atomic mass is 9.78. The van der Waals surface area contributed by atoms with Gasteiger partial charge in [0.1, 0.15) is 0 Å². The van der Waals surface area contributed by atoms with Crippen LogP contribution in [0.15, 0.2) is 12.1 Å². The van der Waals surface area contributed by atoms with Gasteiger partial charge in [0.25, 0.3) is 5.91 Å². The van der Waals surface area contributed by atoms with Crippen molar-refractivity contribution in [1.82, 2.24) is 5.32 Å². The summed E-state index contributed by atoms with van der Waals surface area (Å²) in [5, 5.41) is 3.20. The highest BCUT2D eigenvalue weighted by atomic mass is 32.1. The number of nitrogens with one attached hydrogen (secondary N) is 1. The number of aryl methyl sites for hydroxylation is 1. The first kappa shape index (κ1) is 12.6. The van der Waals surface area contributed by atoms with E-state index in [2.05, 4.69) is 19.2 Å². The van der Waals surface area contributed by atoms with Crippen LogP contribution in [-0.4, -0.2) is 11.9 Å². The molecule has 1 fully saturated rings. The Labute approximate surface area is 107 Å². The minimum Gasteiger partial charge on any atom is -0.348 e. The smallest absolute Gasteiger partial charge is 0.261 e. The zero-order valence-corrected chi connectivity index (χ0v) is 11.6. The first-order valence-electron chi connectivity index (χ1n) is 6.45. The van der Waals surface area contributed by atoms with E-state index >= 15 is 0 Å². The van der Waals surface area contributed by atoms with Crippen LogP contribution in [-0.2, 0) is 0 Å². The maximum Gasteiger partial charge on any atom is 0.261 e. The lowest BCUT2D eigenvalue weighted by Crippen LogP contribution is -2.43. The first-order valence-corrected chi connectivity index (χ1v) is 7.27. The summed E-state index contributed by atoms with van der Waals surface area (Å²) in [7, 11) is 0. The summed E-state index contributed by atoms with van der Waals surface area (Å²) >= 11 is 1.57. The van der Waals surface area contributed by atoms with Crippen LogP contribution in [0.25, 0.3) is 0 Å². The van der Waals surface area contributed by atoms with E-state index in [0.29, 0.717) is 12.0 Å². The van der Waals surface area contributed by atoms with Gasteiger partial charge in [-0.15, -0.1) is 11.3 Å². The van der Waals surface area contributed by atoms with Crippen molar-refractivity contribution in [2.45, 2.75) is 46.1 Å². The lowest BCUT2D eigenvalue weighted by molar-refractivity contribution is 0.0895. The van der Waals surface area contributed by atoms with Crippen molar-refractivity contribution in [2.24, 2.45) is 11.8 Å². The van der Waals surface area contributed by atoms with Crippen LogP contribution >= 0.6 is 11.3 Å². The third kappa shape index (κ3) is 2.89. The van der Waals surface area contributed by atoms with Crippen LogP contribution in [0.1, 0.15) is 47.7 Å². The molecule has 0 saturated heterocycles. The van der Waals surface area contributed by atoms with Crippen molar-refractivity contribution >= 4 is 17.2 Å². The van der Waals surface area contributed by atoms with Crippen molar-refractivity contribution in [3.05, 3.63) is 21.9 Å². The van der Waals surface area contributed by atoms with Crippen LogP contribution in [0, 0.1) is 18.8 Å². The molecule has 0 radical (unpaired) electrons. The van der Waals surface area contributed by atoms with Crippen LogP contribution in [0.4, 0.5) is 0 Å². The fraction of sp³-hybridized carbons (Fsp3) is 0.643.